The summed E-state index contributed by atoms with van der Waals surface area (Å²) >= 11 is 0. The third-order valence-corrected chi connectivity index (χ3v) is 2.59. The number of rotatable bonds is 5. The molecule has 0 aliphatic carbocycles. The van der Waals surface area contributed by atoms with Gasteiger partial charge < -0.3 is 10.1 Å². The van der Waals surface area contributed by atoms with E-state index in [1.165, 1.54) is 0 Å². The molecule has 0 bridgehead atoms. The van der Waals surface area contributed by atoms with E-state index in [9.17, 15) is 4.79 Å². The molecule has 0 saturated heterocycles. The van der Waals surface area contributed by atoms with E-state index in [2.05, 4.69) is 20.7 Å². The summed E-state index contributed by atoms with van der Waals surface area (Å²) in [5.41, 5.74) is 1.07. The van der Waals surface area contributed by atoms with E-state index in [0.29, 0.717) is 24.8 Å². The number of urea groups is 1. The van der Waals surface area contributed by atoms with E-state index in [1.807, 2.05) is 19.1 Å². The zero-order valence-corrected chi connectivity index (χ0v) is 11.5. The van der Waals surface area contributed by atoms with Gasteiger partial charge in [-0.2, -0.15) is 9.78 Å². The first-order valence-corrected chi connectivity index (χ1v) is 6.21. The van der Waals surface area contributed by atoms with Crippen LogP contribution in [0.25, 0.3) is 5.82 Å². The standard InChI is InChI=1S/C13H17N5O2/c1-10-3-5-14-12(9-10)18-11(4-6-16-18)17-13(19)15-7-8-20-2/h3-6,9H,7-8H2,1-2H3,(H2,15,17,19). The van der Waals surface area contributed by atoms with Crippen molar-refractivity contribution in [1.82, 2.24) is 20.1 Å². The van der Waals surface area contributed by atoms with Crippen LogP contribution in [0.5, 0.6) is 0 Å². The molecular formula is C13H17N5O2. The highest BCUT2D eigenvalue weighted by Gasteiger charge is 2.09. The van der Waals surface area contributed by atoms with Crippen molar-refractivity contribution in [3.63, 3.8) is 0 Å². The number of pyridine rings is 1. The van der Waals surface area contributed by atoms with Crippen molar-refractivity contribution < 1.29 is 9.53 Å². The van der Waals surface area contributed by atoms with Crippen LogP contribution in [0.1, 0.15) is 5.56 Å². The number of amides is 2. The molecule has 2 N–H and O–H groups in total. The van der Waals surface area contributed by atoms with Gasteiger partial charge in [-0.1, -0.05) is 0 Å². The second-order valence-corrected chi connectivity index (χ2v) is 4.19. The van der Waals surface area contributed by atoms with Crippen molar-refractivity contribution in [3.05, 3.63) is 36.2 Å². The lowest BCUT2D eigenvalue weighted by Gasteiger charge is -2.09. The molecule has 106 valence electrons. The lowest BCUT2D eigenvalue weighted by molar-refractivity contribution is 0.198. The van der Waals surface area contributed by atoms with E-state index >= 15 is 0 Å². The van der Waals surface area contributed by atoms with Gasteiger partial charge in [-0.3, -0.25) is 5.32 Å². The largest absolute Gasteiger partial charge is 0.383 e. The predicted octanol–water partition coefficient (Wildman–Crippen LogP) is 1.34. The number of ether oxygens (including phenoxy) is 1. The van der Waals surface area contributed by atoms with Crippen LogP contribution >= 0.6 is 0 Å². The number of aromatic nitrogens is 3. The van der Waals surface area contributed by atoms with Crippen LogP contribution in [0.2, 0.25) is 0 Å². The first-order valence-electron chi connectivity index (χ1n) is 6.21. The van der Waals surface area contributed by atoms with Crippen molar-refractivity contribution in [3.8, 4) is 5.82 Å². The predicted molar refractivity (Wildman–Crippen MR) is 75.0 cm³/mol. The Morgan fingerprint density at radius 1 is 1.40 bits per heavy atom. The van der Waals surface area contributed by atoms with E-state index in [-0.39, 0.29) is 6.03 Å². The molecular weight excluding hydrogens is 258 g/mol. The molecule has 0 fully saturated rings. The van der Waals surface area contributed by atoms with Crippen molar-refractivity contribution in [2.75, 3.05) is 25.6 Å². The molecule has 0 aliphatic rings. The van der Waals surface area contributed by atoms with Crippen molar-refractivity contribution >= 4 is 11.8 Å². The van der Waals surface area contributed by atoms with Crippen LogP contribution in [-0.2, 0) is 4.74 Å². The number of carbonyl (C=O) groups is 1. The summed E-state index contributed by atoms with van der Waals surface area (Å²) in [6, 6.07) is 5.19. The number of methoxy groups -OCH3 is 1. The van der Waals surface area contributed by atoms with Crippen LogP contribution in [0.15, 0.2) is 30.6 Å². The molecule has 2 aromatic heterocycles. The lowest BCUT2D eigenvalue weighted by atomic mass is 10.3. The number of carbonyl (C=O) groups excluding carboxylic acids is 1. The molecule has 0 atom stereocenters. The van der Waals surface area contributed by atoms with E-state index < -0.39 is 0 Å². The van der Waals surface area contributed by atoms with Crippen LogP contribution in [0, 0.1) is 6.92 Å². The van der Waals surface area contributed by atoms with Crippen molar-refractivity contribution in [1.29, 1.82) is 0 Å². The average molecular weight is 275 g/mol. The quantitative estimate of drug-likeness (QED) is 0.807. The molecule has 2 amide bonds. The monoisotopic (exact) mass is 275 g/mol. The minimum absolute atomic E-state index is 0.309. The number of nitrogens with one attached hydrogen (secondary N) is 2. The molecule has 2 aromatic rings. The van der Waals surface area contributed by atoms with Gasteiger partial charge in [0.25, 0.3) is 0 Å². The summed E-state index contributed by atoms with van der Waals surface area (Å²) in [6.07, 6.45) is 3.31. The van der Waals surface area contributed by atoms with Gasteiger partial charge in [0.1, 0.15) is 5.82 Å². The minimum atomic E-state index is -0.309. The molecule has 7 heteroatoms. The SMILES string of the molecule is COCCNC(=O)Nc1ccnn1-c1cc(C)ccn1. The molecule has 2 heterocycles. The Balaban J connectivity index is 2.07. The second kappa shape index (κ2) is 6.67. The van der Waals surface area contributed by atoms with Gasteiger partial charge in [0, 0.05) is 25.9 Å². The minimum Gasteiger partial charge on any atom is -0.383 e. The number of hydrogen-bond donors (Lipinski definition) is 2. The molecule has 0 saturated carbocycles. The van der Waals surface area contributed by atoms with Gasteiger partial charge in [0.2, 0.25) is 0 Å². The van der Waals surface area contributed by atoms with Gasteiger partial charge in [-0.15, -0.1) is 0 Å². The molecule has 0 radical (unpaired) electrons. The summed E-state index contributed by atoms with van der Waals surface area (Å²) in [6.45, 7) is 2.88. The van der Waals surface area contributed by atoms with Gasteiger partial charge in [-0.05, 0) is 24.6 Å². The second-order valence-electron chi connectivity index (χ2n) is 4.19. The Morgan fingerprint density at radius 3 is 3.00 bits per heavy atom. The summed E-state index contributed by atoms with van der Waals surface area (Å²) in [5.74, 6) is 1.21. The molecule has 0 spiro atoms. The number of aryl methyl sites for hydroxylation is 1. The smallest absolute Gasteiger partial charge is 0.320 e. The highest BCUT2D eigenvalue weighted by Crippen LogP contribution is 2.13. The Kier molecular flexibility index (Phi) is 4.67. The third kappa shape index (κ3) is 3.55. The Hall–Kier alpha value is -2.41. The maximum absolute atomic E-state index is 11.7. The highest BCUT2D eigenvalue weighted by molar-refractivity contribution is 5.88. The summed E-state index contributed by atoms with van der Waals surface area (Å²) in [7, 11) is 1.58. The van der Waals surface area contributed by atoms with Gasteiger partial charge in [0.05, 0.1) is 12.8 Å². The highest BCUT2D eigenvalue weighted by atomic mass is 16.5. The first kappa shape index (κ1) is 14.0. The van der Waals surface area contributed by atoms with Crippen LogP contribution in [0.4, 0.5) is 10.6 Å². The van der Waals surface area contributed by atoms with E-state index in [1.54, 1.807) is 30.3 Å². The first-order chi connectivity index (χ1) is 9.70. The van der Waals surface area contributed by atoms with Gasteiger partial charge in [-0.25, -0.2) is 9.78 Å². The Labute approximate surface area is 117 Å². The zero-order chi connectivity index (χ0) is 14.4. The maximum Gasteiger partial charge on any atom is 0.320 e. The molecule has 2 rings (SSSR count). The fourth-order valence-corrected chi connectivity index (χ4v) is 1.64. The van der Waals surface area contributed by atoms with Crippen LogP contribution in [0.3, 0.4) is 0 Å². The number of nitrogens with zero attached hydrogens (tertiary/aromatic N) is 3. The summed E-state index contributed by atoms with van der Waals surface area (Å²) in [5, 5.41) is 9.56. The Bertz CT molecular complexity index is 582. The summed E-state index contributed by atoms with van der Waals surface area (Å²) < 4.78 is 6.44. The molecule has 20 heavy (non-hydrogen) atoms. The lowest BCUT2D eigenvalue weighted by Crippen LogP contribution is -2.32. The van der Waals surface area contributed by atoms with Crippen LogP contribution in [-0.4, -0.2) is 41.1 Å². The van der Waals surface area contributed by atoms with Gasteiger partial charge in [0.15, 0.2) is 5.82 Å². The topological polar surface area (TPSA) is 81.1 Å². The molecule has 0 aliphatic heterocycles. The third-order valence-electron chi connectivity index (χ3n) is 2.59. The van der Waals surface area contributed by atoms with E-state index in [4.69, 9.17) is 4.74 Å². The van der Waals surface area contributed by atoms with Gasteiger partial charge >= 0.3 is 6.03 Å². The van der Waals surface area contributed by atoms with E-state index in [0.717, 1.165) is 5.56 Å². The number of hydrogen-bond acceptors (Lipinski definition) is 4. The van der Waals surface area contributed by atoms with Crippen LogP contribution < -0.4 is 10.6 Å². The fourth-order valence-electron chi connectivity index (χ4n) is 1.64. The Morgan fingerprint density at radius 2 is 2.25 bits per heavy atom. The fraction of sp³-hybridized carbons (Fsp3) is 0.308. The molecule has 0 unspecified atom stereocenters. The zero-order valence-electron chi connectivity index (χ0n) is 11.5. The normalized spacial score (nSPS) is 10.3. The number of anilines is 1. The average Bonchev–Trinajstić information content (AvgIpc) is 2.87. The van der Waals surface area contributed by atoms with Crippen molar-refractivity contribution in [2.45, 2.75) is 6.92 Å². The van der Waals surface area contributed by atoms with Crippen molar-refractivity contribution in [2.24, 2.45) is 0 Å². The molecule has 0 aromatic carbocycles. The summed E-state index contributed by atoms with van der Waals surface area (Å²) in [4.78, 5) is 15.9. The maximum atomic E-state index is 11.7. The molecule has 7 nitrogen and oxygen atoms in total.